The van der Waals surface area contributed by atoms with E-state index in [9.17, 15) is 18.3 Å². The lowest BCUT2D eigenvalue weighted by atomic mass is 10.1. The van der Waals surface area contributed by atoms with Crippen LogP contribution >= 0.6 is 11.6 Å². The van der Waals surface area contributed by atoms with Crippen LogP contribution < -0.4 is 4.72 Å². The summed E-state index contributed by atoms with van der Waals surface area (Å²) in [7, 11) is -4.05. The molecule has 0 saturated carbocycles. The van der Waals surface area contributed by atoms with E-state index in [0.29, 0.717) is 5.69 Å². The van der Waals surface area contributed by atoms with Gasteiger partial charge < -0.3 is 5.11 Å². The average molecular weight is 409 g/mol. The number of halogens is 1. The number of anilines is 1. The Morgan fingerprint density at radius 3 is 2.37 bits per heavy atom. The van der Waals surface area contributed by atoms with Crippen molar-refractivity contribution in [1.29, 1.82) is 0 Å². The van der Waals surface area contributed by atoms with Gasteiger partial charge in [0.2, 0.25) is 0 Å². The van der Waals surface area contributed by atoms with Crippen LogP contribution in [0.2, 0.25) is 5.02 Å². The van der Waals surface area contributed by atoms with Crippen molar-refractivity contribution in [2.75, 3.05) is 17.8 Å². The first-order valence-corrected chi connectivity index (χ1v) is 10.6. The van der Waals surface area contributed by atoms with Crippen LogP contribution in [-0.2, 0) is 16.6 Å². The molecule has 0 spiro atoms. The van der Waals surface area contributed by atoms with E-state index in [1.807, 2.05) is 12.1 Å². The number of benzene rings is 2. The zero-order chi connectivity index (χ0) is 19.4. The molecule has 1 aliphatic rings. The summed E-state index contributed by atoms with van der Waals surface area (Å²) in [6, 6.07) is 10.8. The Labute approximate surface area is 163 Å². The third-order valence-corrected chi connectivity index (χ3v) is 6.20. The summed E-state index contributed by atoms with van der Waals surface area (Å²) in [5.41, 5.74) is 1.12. The Balaban J connectivity index is 1.75. The number of hydrogen-bond acceptors (Lipinski definition) is 4. The van der Waals surface area contributed by atoms with Crippen LogP contribution in [0.25, 0.3) is 0 Å². The monoisotopic (exact) mass is 408 g/mol. The highest BCUT2D eigenvalue weighted by molar-refractivity contribution is 7.92. The second-order valence-corrected chi connectivity index (χ2v) is 8.67. The second-order valence-electron chi connectivity index (χ2n) is 6.58. The number of carboxylic acid groups (broad SMARTS) is 1. The standard InChI is InChI=1S/C19H21ClN2O4S/c20-15-6-9-18(17(12-15)19(23)24)27(25,26)21-16-7-4-14(5-8-16)13-22-10-2-1-3-11-22/h4-9,12,21H,1-3,10-11,13H2,(H,23,24). The molecule has 1 heterocycles. The highest BCUT2D eigenvalue weighted by atomic mass is 35.5. The van der Waals surface area contributed by atoms with Gasteiger partial charge in [0.25, 0.3) is 10.0 Å². The van der Waals surface area contributed by atoms with Crippen molar-refractivity contribution in [2.45, 2.75) is 30.7 Å². The number of nitrogens with zero attached hydrogens (tertiary/aromatic N) is 1. The quantitative estimate of drug-likeness (QED) is 0.758. The molecule has 2 aromatic rings. The molecule has 8 heteroatoms. The number of carbonyl (C=O) groups is 1. The van der Waals surface area contributed by atoms with Crippen LogP contribution in [0, 0.1) is 0 Å². The Bertz CT molecular complexity index is 923. The highest BCUT2D eigenvalue weighted by Crippen LogP contribution is 2.24. The Morgan fingerprint density at radius 1 is 1.07 bits per heavy atom. The molecule has 2 N–H and O–H groups in total. The molecule has 0 bridgehead atoms. The van der Waals surface area contributed by atoms with Gasteiger partial charge in [-0.3, -0.25) is 9.62 Å². The predicted molar refractivity (Wildman–Crippen MR) is 105 cm³/mol. The van der Waals surface area contributed by atoms with E-state index in [4.69, 9.17) is 11.6 Å². The minimum atomic E-state index is -4.05. The van der Waals surface area contributed by atoms with Crippen LogP contribution in [0.15, 0.2) is 47.4 Å². The third kappa shape index (κ3) is 5.00. The molecule has 2 aromatic carbocycles. The maximum Gasteiger partial charge on any atom is 0.337 e. The molecule has 3 rings (SSSR count). The minimum absolute atomic E-state index is 0.161. The molecule has 1 saturated heterocycles. The molecule has 144 valence electrons. The van der Waals surface area contributed by atoms with Gasteiger partial charge in [-0.15, -0.1) is 0 Å². The van der Waals surface area contributed by atoms with E-state index in [0.717, 1.165) is 31.3 Å². The fraction of sp³-hybridized carbons (Fsp3) is 0.316. The number of piperidine rings is 1. The summed E-state index contributed by atoms with van der Waals surface area (Å²) in [6.07, 6.45) is 3.70. The normalized spacial score (nSPS) is 15.4. The van der Waals surface area contributed by atoms with Crippen LogP contribution in [0.3, 0.4) is 0 Å². The van der Waals surface area contributed by atoms with Crippen molar-refractivity contribution in [3.63, 3.8) is 0 Å². The van der Waals surface area contributed by atoms with Crippen molar-refractivity contribution in [3.05, 3.63) is 58.6 Å². The summed E-state index contributed by atoms with van der Waals surface area (Å²) < 4.78 is 27.7. The molecule has 6 nitrogen and oxygen atoms in total. The number of likely N-dealkylation sites (tertiary alicyclic amines) is 1. The Morgan fingerprint density at radius 2 is 1.74 bits per heavy atom. The highest BCUT2D eigenvalue weighted by Gasteiger charge is 2.23. The molecule has 0 atom stereocenters. The van der Waals surface area contributed by atoms with Crippen LogP contribution in [-0.4, -0.2) is 37.5 Å². The minimum Gasteiger partial charge on any atom is -0.478 e. The SMILES string of the molecule is O=C(O)c1cc(Cl)ccc1S(=O)(=O)Nc1ccc(CN2CCCCC2)cc1. The largest absolute Gasteiger partial charge is 0.478 e. The molecule has 0 unspecified atom stereocenters. The summed E-state index contributed by atoms with van der Waals surface area (Å²) in [6.45, 7) is 3.01. The summed E-state index contributed by atoms with van der Waals surface area (Å²) in [4.78, 5) is 13.4. The lowest BCUT2D eigenvalue weighted by Gasteiger charge is -2.26. The van der Waals surface area contributed by atoms with Gasteiger partial charge in [0.15, 0.2) is 0 Å². The number of sulfonamides is 1. The van der Waals surface area contributed by atoms with Gasteiger partial charge in [-0.25, -0.2) is 13.2 Å². The van der Waals surface area contributed by atoms with E-state index < -0.39 is 16.0 Å². The first-order chi connectivity index (χ1) is 12.8. The van der Waals surface area contributed by atoms with Crippen molar-refractivity contribution in [1.82, 2.24) is 4.90 Å². The Kier molecular flexibility index (Phi) is 6.04. The predicted octanol–water partition coefficient (Wildman–Crippen LogP) is 3.82. The Hall–Kier alpha value is -2.09. The topological polar surface area (TPSA) is 86.7 Å². The van der Waals surface area contributed by atoms with Crippen LogP contribution in [0.5, 0.6) is 0 Å². The van der Waals surface area contributed by atoms with Crippen molar-refractivity contribution in [3.8, 4) is 0 Å². The molecule has 0 aromatic heterocycles. The average Bonchev–Trinajstić information content (AvgIpc) is 2.63. The lowest BCUT2D eigenvalue weighted by molar-refractivity contribution is 0.0692. The number of nitrogens with one attached hydrogen (secondary N) is 1. The maximum atomic E-state index is 12.6. The molecule has 27 heavy (non-hydrogen) atoms. The van der Waals surface area contributed by atoms with E-state index in [2.05, 4.69) is 9.62 Å². The van der Waals surface area contributed by atoms with Gasteiger partial charge in [-0.2, -0.15) is 0 Å². The summed E-state index contributed by atoms with van der Waals surface area (Å²) >= 11 is 5.79. The molecular weight excluding hydrogens is 388 g/mol. The van der Waals surface area contributed by atoms with Gasteiger partial charge in [0, 0.05) is 17.3 Å². The molecular formula is C19H21ClN2O4S. The van der Waals surface area contributed by atoms with Crippen LogP contribution in [0.1, 0.15) is 35.2 Å². The molecule has 0 radical (unpaired) electrons. The van der Waals surface area contributed by atoms with Crippen molar-refractivity contribution in [2.24, 2.45) is 0 Å². The number of hydrogen-bond donors (Lipinski definition) is 2. The second kappa shape index (κ2) is 8.29. The van der Waals surface area contributed by atoms with Gasteiger partial charge in [-0.1, -0.05) is 30.2 Å². The fourth-order valence-corrected chi connectivity index (χ4v) is 4.58. The number of carboxylic acids is 1. The van der Waals surface area contributed by atoms with Crippen molar-refractivity contribution >= 4 is 33.3 Å². The van der Waals surface area contributed by atoms with E-state index in [1.54, 1.807) is 12.1 Å². The fourth-order valence-electron chi connectivity index (χ4n) is 3.17. The lowest BCUT2D eigenvalue weighted by Crippen LogP contribution is -2.29. The van der Waals surface area contributed by atoms with Crippen LogP contribution in [0.4, 0.5) is 5.69 Å². The molecule has 1 aliphatic heterocycles. The summed E-state index contributed by atoms with van der Waals surface area (Å²) in [5.74, 6) is -1.35. The smallest absolute Gasteiger partial charge is 0.337 e. The van der Waals surface area contributed by atoms with E-state index in [1.165, 1.54) is 31.4 Å². The van der Waals surface area contributed by atoms with Gasteiger partial charge in [0.05, 0.1) is 5.56 Å². The molecule has 1 fully saturated rings. The zero-order valence-corrected chi connectivity index (χ0v) is 16.3. The first-order valence-electron chi connectivity index (χ1n) is 8.72. The van der Waals surface area contributed by atoms with Gasteiger partial charge in [-0.05, 0) is 61.8 Å². The third-order valence-electron chi connectivity index (χ3n) is 4.52. The van der Waals surface area contributed by atoms with Gasteiger partial charge in [0.1, 0.15) is 4.90 Å². The van der Waals surface area contributed by atoms with E-state index >= 15 is 0 Å². The van der Waals surface area contributed by atoms with Gasteiger partial charge >= 0.3 is 5.97 Å². The maximum absolute atomic E-state index is 12.6. The molecule has 0 amide bonds. The molecule has 0 aliphatic carbocycles. The summed E-state index contributed by atoms with van der Waals surface area (Å²) in [5, 5.41) is 9.42. The zero-order valence-electron chi connectivity index (χ0n) is 14.7. The number of rotatable bonds is 6. The van der Waals surface area contributed by atoms with Crippen molar-refractivity contribution < 1.29 is 18.3 Å². The van der Waals surface area contributed by atoms with E-state index in [-0.39, 0.29) is 15.5 Å². The first kappa shape index (κ1) is 19.7. The number of aromatic carboxylic acids is 1.